The zero-order chi connectivity index (χ0) is 17.4. The maximum absolute atomic E-state index is 12.0. The van der Waals surface area contributed by atoms with Gasteiger partial charge in [0, 0.05) is 25.4 Å². The van der Waals surface area contributed by atoms with Crippen molar-refractivity contribution in [2.75, 3.05) is 31.6 Å². The number of anilines is 1. The van der Waals surface area contributed by atoms with E-state index in [0.717, 1.165) is 19.4 Å². The summed E-state index contributed by atoms with van der Waals surface area (Å²) in [5.74, 6) is 0.531. The normalized spacial score (nSPS) is 19.8. The number of carbonyl (C=O) groups excluding carboxylic acids is 1. The first kappa shape index (κ1) is 21.5. The molecule has 1 unspecified atom stereocenters. The maximum atomic E-state index is 12.0. The molecule has 1 aliphatic heterocycles. The number of rotatable bonds is 6. The average molecular weight is 462 g/mol. The van der Waals surface area contributed by atoms with Crippen LogP contribution in [0.15, 0.2) is 29.3 Å². The topological polar surface area (TPSA) is 95.0 Å². The highest BCUT2D eigenvalue weighted by Crippen LogP contribution is 2.23. The fourth-order valence-corrected chi connectivity index (χ4v) is 2.48. The van der Waals surface area contributed by atoms with Crippen LogP contribution in [0.25, 0.3) is 0 Å². The Bertz CT molecular complexity index is 572. The number of hydrogen-bond acceptors (Lipinski definition) is 4. The molecule has 7 nitrogen and oxygen atoms in total. The Balaban J connectivity index is 0.00000312. The third-order valence-corrected chi connectivity index (χ3v) is 3.81. The largest absolute Gasteiger partial charge is 0.508 e. The summed E-state index contributed by atoms with van der Waals surface area (Å²) in [6.45, 7) is 6.21. The summed E-state index contributed by atoms with van der Waals surface area (Å²) in [5.41, 5.74) is 0.447. The van der Waals surface area contributed by atoms with Gasteiger partial charge in [0.15, 0.2) is 5.96 Å². The standard InChI is InChI=1S/C17H26N4O3.HI/c1-3-18-16(20-12-17(2)9-4-10-24-17)19-11-15(23)21-13-5-7-14(22)8-6-13;/h5-8,22H,3-4,9-12H2,1-2H3,(H,21,23)(H2,18,19,20);1H. The first-order valence-electron chi connectivity index (χ1n) is 8.26. The monoisotopic (exact) mass is 462 g/mol. The molecule has 0 saturated carbocycles. The minimum absolute atomic E-state index is 0. The summed E-state index contributed by atoms with van der Waals surface area (Å²) in [5, 5.41) is 18.3. The van der Waals surface area contributed by atoms with Gasteiger partial charge in [0.05, 0.1) is 5.60 Å². The van der Waals surface area contributed by atoms with Gasteiger partial charge in [0.1, 0.15) is 12.3 Å². The van der Waals surface area contributed by atoms with E-state index in [1.54, 1.807) is 12.1 Å². The number of benzene rings is 1. The smallest absolute Gasteiger partial charge is 0.246 e. The molecule has 8 heteroatoms. The lowest BCUT2D eigenvalue weighted by atomic mass is 10.0. The van der Waals surface area contributed by atoms with Crippen LogP contribution in [0.1, 0.15) is 26.7 Å². The van der Waals surface area contributed by atoms with E-state index in [9.17, 15) is 9.90 Å². The van der Waals surface area contributed by atoms with Crippen molar-refractivity contribution in [2.24, 2.45) is 4.99 Å². The van der Waals surface area contributed by atoms with E-state index in [1.807, 2.05) is 6.92 Å². The second-order valence-corrected chi connectivity index (χ2v) is 6.05. The highest BCUT2D eigenvalue weighted by molar-refractivity contribution is 14.0. The van der Waals surface area contributed by atoms with E-state index in [2.05, 4.69) is 27.9 Å². The number of guanidine groups is 1. The van der Waals surface area contributed by atoms with Crippen molar-refractivity contribution >= 4 is 41.5 Å². The van der Waals surface area contributed by atoms with Gasteiger partial charge in [0.2, 0.25) is 5.91 Å². The van der Waals surface area contributed by atoms with Crippen molar-refractivity contribution in [1.29, 1.82) is 0 Å². The van der Waals surface area contributed by atoms with E-state index in [4.69, 9.17) is 4.74 Å². The molecule has 1 heterocycles. The van der Waals surface area contributed by atoms with Gasteiger partial charge >= 0.3 is 0 Å². The van der Waals surface area contributed by atoms with Gasteiger partial charge < -0.3 is 25.8 Å². The van der Waals surface area contributed by atoms with Crippen molar-refractivity contribution in [3.05, 3.63) is 24.3 Å². The Morgan fingerprint density at radius 3 is 2.64 bits per heavy atom. The number of ether oxygens (including phenoxy) is 1. The predicted molar refractivity (Wildman–Crippen MR) is 110 cm³/mol. The van der Waals surface area contributed by atoms with Crippen LogP contribution in [0, 0.1) is 0 Å². The van der Waals surface area contributed by atoms with Crippen LogP contribution in [0.5, 0.6) is 5.75 Å². The third-order valence-electron chi connectivity index (χ3n) is 3.81. The molecule has 2 rings (SSSR count). The minimum atomic E-state index is -0.221. The highest BCUT2D eigenvalue weighted by Gasteiger charge is 2.29. The summed E-state index contributed by atoms with van der Waals surface area (Å²) < 4.78 is 5.74. The first-order valence-corrected chi connectivity index (χ1v) is 8.26. The van der Waals surface area contributed by atoms with Crippen molar-refractivity contribution in [2.45, 2.75) is 32.3 Å². The van der Waals surface area contributed by atoms with Gasteiger partial charge in [-0.25, -0.2) is 4.99 Å². The number of nitrogens with one attached hydrogen (secondary N) is 3. The van der Waals surface area contributed by atoms with Crippen LogP contribution in [-0.2, 0) is 9.53 Å². The van der Waals surface area contributed by atoms with Gasteiger partial charge in [-0.05, 0) is 51.0 Å². The molecule has 1 aromatic rings. The Kier molecular flexibility index (Phi) is 8.98. The number of amides is 1. The lowest BCUT2D eigenvalue weighted by Crippen LogP contribution is -2.45. The molecule has 25 heavy (non-hydrogen) atoms. The Hall–Kier alpha value is -1.55. The van der Waals surface area contributed by atoms with Gasteiger partial charge in [0.25, 0.3) is 0 Å². The molecule has 1 amide bonds. The summed E-state index contributed by atoms with van der Waals surface area (Å²) in [6.07, 6.45) is 2.08. The van der Waals surface area contributed by atoms with Crippen LogP contribution in [-0.4, -0.2) is 48.8 Å². The van der Waals surface area contributed by atoms with Crippen LogP contribution >= 0.6 is 24.0 Å². The second-order valence-electron chi connectivity index (χ2n) is 6.05. The molecular formula is C17H27IN4O3. The SMILES string of the molecule is CCNC(=NCC(=O)Nc1ccc(O)cc1)NCC1(C)CCCO1.I. The molecule has 1 atom stereocenters. The van der Waals surface area contributed by atoms with Crippen molar-refractivity contribution in [1.82, 2.24) is 10.6 Å². The van der Waals surface area contributed by atoms with Gasteiger partial charge in [-0.3, -0.25) is 4.79 Å². The van der Waals surface area contributed by atoms with Crippen molar-refractivity contribution in [3.8, 4) is 5.75 Å². The van der Waals surface area contributed by atoms with Crippen molar-refractivity contribution < 1.29 is 14.6 Å². The Morgan fingerprint density at radius 2 is 2.04 bits per heavy atom. The number of hydrogen-bond donors (Lipinski definition) is 4. The fourth-order valence-electron chi connectivity index (χ4n) is 2.48. The van der Waals surface area contributed by atoms with Gasteiger partial charge in [-0.1, -0.05) is 0 Å². The van der Waals surface area contributed by atoms with E-state index in [-0.39, 0.29) is 47.8 Å². The molecule has 1 saturated heterocycles. The third kappa shape index (κ3) is 7.47. The highest BCUT2D eigenvalue weighted by atomic mass is 127. The van der Waals surface area contributed by atoms with Crippen LogP contribution in [0.3, 0.4) is 0 Å². The number of aromatic hydroxyl groups is 1. The summed E-state index contributed by atoms with van der Waals surface area (Å²) >= 11 is 0. The fraction of sp³-hybridized carbons (Fsp3) is 0.529. The molecule has 0 radical (unpaired) electrons. The first-order chi connectivity index (χ1) is 11.5. The molecule has 1 aliphatic rings. The van der Waals surface area contributed by atoms with E-state index in [1.165, 1.54) is 12.1 Å². The number of phenols is 1. The van der Waals surface area contributed by atoms with Gasteiger partial charge in [-0.15, -0.1) is 24.0 Å². The molecule has 140 valence electrons. The van der Waals surface area contributed by atoms with E-state index < -0.39 is 0 Å². The molecule has 1 aromatic carbocycles. The molecule has 0 bridgehead atoms. The lowest BCUT2D eigenvalue weighted by Gasteiger charge is -2.24. The maximum Gasteiger partial charge on any atom is 0.246 e. The summed E-state index contributed by atoms with van der Waals surface area (Å²) in [6, 6.07) is 6.32. The van der Waals surface area contributed by atoms with Crippen LogP contribution in [0.2, 0.25) is 0 Å². The molecule has 0 aromatic heterocycles. The average Bonchev–Trinajstić information content (AvgIpc) is 2.99. The van der Waals surface area contributed by atoms with Crippen LogP contribution < -0.4 is 16.0 Å². The Labute approximate surface area is 165 Å². The number of aliphatic imine (C=N–C) groups is 1. The lowest BCUT2D eigenvalue weighted by molar-refractivity contribution is -0.114. The zero-order valence-electron chi connectivity index (χ0n) is 14.7. The summed E-state index contributed by atoms with van der Waals surface area (Å²) in [4.78, 5) is 16.3. The molecule has 0 aliphatic carbocycles. The molecule has 4 N–H and O–H groups in total. The van der Waals surface area contributed by atoms with E-state index in [0.29, 0.717) is 24.7 Å². The summed E-state index contributed by atoms with van der Waals surface area (Å²) in [7, 11) is 0. The van der Waals surface area contributed by atoms with Gasteiger partial charge in [-0.2, -0.15) is 0 Å². The van der Waals surface area contributed by atoms with Crippen molar-refractivity contribution in [3.63, 3.8) is 0 Å². The molecule has 1 fully saturated rings. The van der Waals surface area contributed by atoms with E-state index >= 15 is 0 Å². The zero-order valence-corrected chi connectivity index (χ0v) is 17.0. The quantitative estimate of drug-likeness (QED) is 0.225. The predicted octanol–water partition coefficient (Wildman–Crippen LogP) is 2.07. The molecular weight excluding hydrogens is 435 g/mol. The number of phenolic OH excluding ortho intramolecular Hbond substituents is 1. The van der Waals surface area contributed by atoms with Crippen LogP contribution in [0.4, 0.5) is 5.69 Å². The minimum Gasteiger partial charge on any atom is -0.508 e. The second kappa shape index (κ2) is 10.4. The number of carbonyl (C=O) groups is 1. The number of halogens is 1. The Morgan fingerprint density at radius 1 is 1.32 bits per heavy atom. The molecule has 0 spiro atoms. The number of nitrogens with zero attached hydrogens (tertiary/aromatic N) is 1.